The number of aromatic amines is 2. The number of nitrogens with zero attached hydrogens (tertiary/aromatic N) is 3. The number of imidazole rings is 1. The summed E-state index contributed by atoms with van der Waals surface area (Å²) < 4.78 is 24.9. The fraction of sp³-hybridized carbons (Fsp3) is 0.250. The molecule has 3 N–H and O–H groups in total. The number of fused-ring (bicyclic) bond motifs is 1. The van der Waals surface area contributed by atoms with Crippen molar-refractivity contribution in [3.63, 3.8) is 0 Å². The topological polar surface area (TPSA) is 115 Å². The van der Waals surface area contributed by atoms with Gasteiger partial charge in [0.15, 0.2) is 5.82 Å². The molecule has 33 heavy (non-hydrogen) atoms. The number of hydrogen-bond acceptors (Lipinski definition) is 5. The van der Waals surface area contributed by atoms with E-state index < -0.39 is 10.0 Å². The number of hydrogen-bond donors (Lipinski definition) is 3. The molecule has 0 saturated carbocycles. The number of nitrogens with one attached hydrogen (secondary N) is 2. The van der Waals surface area contributed by atoms with E-state index >= 15 is 0 Å². The summed E-state index contributed by atoms with van der Waals surface area (Å²) in [6.07, 6.45) is 6.39. The number of aromatic nitrogens is 4. The van der Waals surface area contributed by atoms with Gasteiger partial charge in [-0.05, 0) is 59.4 Å². The molecule has 1 aliphatic rings. The van der Waals surface area contributed by atoms with Crippen LogP contribution in [0.3, 0.4) is 0 Å². The zero-order valence-corrected chi connectivity index (χ0v) is 19.3. The Bertz CT molecular complexity index is 1480. The number of aromatic hydroxyl groups is 1. The second kappa shape index (κ2) is 8.17. The standard InChI is InChI=1S/C24H25N5O3S/c1-3-15-12-18(30)5-7-19(15)17-4-6-20-21(13-17)27-28-23(20)24-25-14-22(26-24)16-8-10-29(11-9-16)33(2,31)32/h4-8,12-14,30H,3,9-11H2,1-2H3,(H,25,26)(H,27,28). The average molecular weight is 464 g/mol. The Morgan fingerprint density at radius 3 is 2.76 bits per heavy atom. The molecule has 1 aliphatic heterocycles. The normalized spacial score (nSPS) is 15.2. The molecule has 0 radical (unpaired) electrons. The number of rotatable bonds is 5. The monoisotopic (exact) mass is 463 g/mol. The molecular weight excluding hydrogens is 438 g/mol. The summed E-state index contributed by atoms with van der Waals surface area (Å²) in [4.78, 5) is 7.88. The van der Waals surface area contributed by atoms with E-state index in [2.05, 4.69) is 39.2 Å². The molecular formula is C24H25N5O3S. The smallest absolute Gasteiger partial charge is 0.211 e. The summed E-state index contributed by atoms with van der Waals surface area (Å²) in [5.74, 6) is 0.931. The van der Waals surface area contributed by atoms with Gasteiger partial charge >= 0.3 is 0 Å². The quantitative estimate of drug-likeness (QED) is 0.415. The molecule has 0 spiro atoms. The Kier molecular flexibility index (Phi) is 5.30. The predicted octanol–water partition coefficient (Wildman–Crippen LogP) is 3.94. The van der Waals surface area contributed by atoms with Crippen LogP contribution in [0, 0.1) is 0 Å². The van der Waals surface area contributed by atoms with Gasteiger partial charge in [-0.2, -0.15) is 9.40 Å². The number of aryl methyl sites for hydroxylation is 1. The van der Waals surface area contributed by atoms with E-state index in [4.69, 9.17) is 0 Å². The largest absolute Gasteiger partial charge is 0.508 e. The Hall–Kier alpha value is -3.43. The van der Waals surface area contributed by atoms with E-state index in [1.807, 2.05) is 18.2 Å². The van der Waals surface area contributed by atoms with Crippen molar-refractivity contribution in [3.8, 4) is 28.4 Å². The maximum absolute atomic E-state index is 11.7. The van der Waals surface area contributed by atoms with Crippen molar-refractivity contribution < 1.29 is 13.5 Å². The molecule has 2 aromatic heterocycles. The molecule has 5 rings (SSSR count). The van der Waals surface area contributed by atoms with Crippen LogP contribution in [0.1, 0.15) is 24.6 Å². The van der Waals surface area contributed by atoms with Crippen LogP contribution in [-0.4, -0.2) is 57.3 Å². The first kappa shape index (κ1) is 21.4. The van der Waals surface area contributed by atoms with Crippen molar-refractivity contribution in [2.45, 2.75) is 19.8 Å². The van der Waals surface area contributed by atoms with Gasteiger partial charge in [0.2, 0.25) is 10.0 Å². The van der Waals surface area contributed by atoms with Gasteiger partial charge in [-0.25, -0.2) is 13.4 Å². The van der Waals surface area contributed by atoms with Crippen LogP contribution < -0.4 is 0 Å². The summed E-state index contributed by atoms with van der Waals surface area (Å²) in [5.41, 5.74) is 6.78. The van der Waals surface area contributed by atoms with Crippen LogP contribution >= 0.6 is 0 Å². The van der Waals surface area contributed by atoms with Gasteiger partial charge in [0.1, 0.15) is 11.4 Å². The van der Waals surface area contributed by atoms with Crippen molar-refractivity contribution in [2.75, 3.05) is 19.3 Å². The van der Waals surface area contributed by atoms with Crippen LogP contribution in [0.15, 0.2) is 48.7 Å². The number of sulfonamides is 1. The minimum atomic E-state index is -3.18. The minimum absolute atomic E-state index is 0.270. The van der Waals surface area contributed by atoms with Crippen LogP contribution in [-0.2, 0) is 16.4 Å². The van der Waals surface area contributed by atoms with Gasteiger partial charge in [-0.15, -0.1) is 0 Å². The van der Waals surface area contributed by atoms with Gasteiger partial charge in [-0.3, -0.25) is 5.10 Å². The van der Waals surface area contributed by atoms with E-state index in [9.17, 15) is 13.5 Å². The summed E-state index contributed by atoms with van der Waals surface area (Å²) in [6.45, 7) is 2.90. The summed E-state index contributed by atoms with van der Waals surface area (Å²) in [7, 11) is -3.18. The van der Waals surface area contributed by atoms with E-state index in [1.54, 1.807) is 18.3 Å². The zero-order valence-electron chi connectivity index (χ0n) is 18.5. The lowest BCUT2D eigenvalue weighted by atomic mass is 9.97. The van der Waals surface area contributed by atoms with Crippen molar-refractivity contribution in [3.05, 3.63) is 59.9 Å². The molecule has 2 aromatic carbocycles. The molecule has 3 heterocycles. The van der Waals surface area contributed by atoms with Crippen molar-refractivity contribution in [1.82, 2.24) is 24.5 Å². The molecule has 0 atom stereocenters. The third-order valence-electron chi connectivity index (χ3n) is 6.13. The molecule has 0 aliphatic carbocycles. The molecule has 9 heteroatoms. The Labute approximate surface area is 192 Å². The lowest BCUT2D eigenvalue weighted by molar-refractivity contribution is 0.445. The van der Waals surface area contributed by atoms with Gasteiger partial charge in [0.05, 0.1) is 23.7 Å². The second-order valence-corrected chi connectivity index (χ2v) is 10.3. The maximum Gasteiger partial charge on any atom is 0.211 e. The number of phenolic OH excluding ortho intramolecular Hbond substituents is 1. The first-order valence-corrected chi connectivity index (χ1v) is 12.7. The van der Waals surface area contributed by atoms with E-state index in [-0.39, 0.29) is 5.75 Å². The molecule has 8 nitrogen and oxygen atoms in total. The van der Waals surface area contributed by atoms with Crippen LogP contribution in [0.2, 0.25) is 0 Å². The van der Waals surface area contributed by atoms with Crippen molar-refractivity contribution >= 4 is 26.5 Å². The third-order valence-corrected chi connectivity index (χ3v) is 7.40. The third kappa shape index (κ3) is 4.05. The second-order valence-electron chi connectivity index (χ2n) is 8.27. The van der Waals surface area contributed by atoms with E-state index in [0.717, 1.165) is 51.0 Å². The average Bonchev–Trinajstić information content (AvgIpc) is 3.45. The highest BCUT2D eigenvalue weighted by atomic mass is 32.2. The van der Waals surface area contributed by atoms with Crippen LogP contribution in [0.25, 0.3) is 39.1 Å². The fourth-order valence-electron chi connectivity index (χ4n) is 4.32. The fourth-order valence-corrected chi connectivity index (χ4v) is 5.09. The van der Waals surface area contributed by atoms with Gasteiger partial charge < -0.3 is 10.1 Å². The highest BCUT2D eigenvalue weighted by Crippen LogP contribution is 2.32. The first-order valence-electron chi connectivity index (χ1n) is 10.8. The molecule has 0 fully saturated rings. The molecule has 0 bridgehead atoms. The molecule has 4 aromatic rings. The van der Waals surface area contributed by atoms with Crippen LogP contribution in [0.4, 0.5) is 0 Å². The van der Waals surface area contributed by atoms with Crippen molar-refractivity contribution in [1.29, 1.82) is 0 Å². The number of phenols is 1. The van der Waals surface area contributed by atoms with Crippen molar-refractivity contribution in [2.24, 2.45) is 0 Å². The first-order chi connectivity index (χ1) is 15.8. The zero-order chi connectivity index (χ0) is 23.2. The Morgan fingerprint density at radius 2 is 2.03 bits per heavy atom. The Morgan fingerprint density at radius 1 is 1.18 bits per heavy atom. The van der Waals surface area contributed by atoms with Gasteiger partial charge in [0, 0.05) is 18.5 Å². The molecule has 170 valence electrons. The highest BCUT2D eigenvalue weighted by Gasteiger charge is 2.21. The lowest BCUT2D eigenvalue weighted by Crippen LogP contribution is -2.33. The van der Waals surface area contributed by atoms with Crippen LogP contribution in [0.5, 0.6) is 5.75 Å². The molecule has 0 unspecified atom stereocenters. The number of H-pyrrole nitrogens is 2. The van der Waals surface area contributed by atoms with Gasteiger partial charge in [0.25, 0.3) is 0 Å². The summed E-state index contributed by atoms with van der Waals surface area (Å²) in [6, 6.07) is 11.6. The van der Waals surface area contributed by atoms with Gasteiger partial charge in [-0.1, -0.05) is 25.1 Å². The SMILES string of the molecule is CCc1cc(O)ccc1-c1ccc2c(-c3ncc(C4=CCN(S(C)(=O)=O)CC4)[nH]3)n[nH]c2c1. The summed E-state index contributed by atoms with van der Waals surface area (Å²) >= 11 is 0. The predicted molar refractivity (Wildman–Crippen MR) is 129 cm³/mol. The van der Waals surface area contributed by atoms with E-state index in [1.165, 1.54) is 10.6 Å². The maximum atomic E-state index is 11.7. The molecule has 0 amide bonds. The number of benzene rings is 2. The Balaban J connectivity index is 1.44. The summed E-state index contributed by atoms with van der Waals surface area (Å²) in [5, 5.41) is 18.4. The highest BCUT2D eigenvalue weighted by molar-refractivity contribution is 7.88. The van der Waals surface area contributed by atoms with E-state index in [0.29, 0.717) is 25.3 Å². The lowest BCUT2D eigenvalue weighted by Gasteiger charge is -2.23. The molecule has 0 saturated heterocycles. The minimum Gasteiger partial charge on any atom is -0.508 e.